The van der Waals surface area contributed by atoms with Crippen molar-refractivity contribution in [1.29, 1.82) is 0 Å². The molecule has 0 radical (unpaired) electrons. The van der Waals surface area contributed by atoms with Gasteiger partial charge in [-0.2, -0.15) is 0 Å². The second-order valence-corrected chi connectivity index (χ2v) is 8.86. The minimum absolute atomic E-state index is 0.0796. The first kappa shape index (κ1) is 16.0. The molecule has 0 saturated carbocycles. The molecule has 1 aromatic rings. The lowest BCUT2D eigenvalue weighted by Gasteiger charge is -2.27. The predicted octanol–water partition coefficient (Wildman–Crippen LogP) is 4.21. The number of benzene rings is 1. The molecule has 1 aliphatic rings. The summed E-state index contributed by atoms with van der Waals surface area (Å²) in [6, 6.07) is 6.42. The van der Waals surface area contributed by atoms with E-state index in [0.29, 0.717) is 5.75 Å². The predicted molar refractivity (Wildman–Crippen MR) is 88.3 cm³/mol. The molecule has 2 rings (SSSR count). The maximum Gasteiger partial charge on any atom is 0.154 e. The average Bonchev–Trinajstić information content (AvgIpc) is 2.45. The number of hydrogen-bond acceptors (Lipinski definition) is 2. The molecule has 1 saturated heterocycles. The second-order valence-electron chi connectivity index (χ2n) is 5.54. The monoisotopic (exact) mass is 358 g/mol. The van der Waals surface area contributed by atoms with E-state index in [1.165, 1.54) is 11.1 Å². The Labute approximate surface area is 131 Å². The molecule has 0 bridgehead atoms. The number of halogens is 1. The van der Waals surface area contributed by atoms with Gasteiger partial charge in [-0.05, 0) is 42.4 Å². The van der Waals surface area contributed by atoms with Gasteiger partial charge in [0.25, 0.3) is 0 Å². The van der Waals surface area contributed by atoms with Crippen LogP contribution in [0.3, 0.4) is 0 Å². The Kier molecular flexibility index (Phi) is 5.30. The molecule has 0 N–H and O–H groups in total. The minimum atomic E-state index is -2.95. The summed E-state index contributed by atoms with van der Waals surface area (Å²) in [4.78, 5) is -0.0796. The lowest BCUT2D eigenvalue weighted by Crippen LogP contribution is -2.31. The van der Waals surface area contributed by atoms with E-state index < -0.39 is 9.84 Å². The number of aryl methyl sites for hydroxylation is 2. The van der Waals surface area contributed by atoms with E-state index in [1.54, 1.807) is 0 Å². The van der Waals surface area contributed by atoms with Gasteiger partial charge in [0.2, 0.25) is 0 Å². The molecular formula is C16H23BrO2S. The Hall–Kier alpha value is -0.350. The first-order valence-electron chi connectivity index (χ1n) is 7.47. The maximum atomic E-state index is 12.2. The van der Waals surface area contributed by atoms with Crippen molar-refractivity contribution in [3.05, 3.63) is 34.9 Å². The molecule has 4 heteroatoms. The Morgan fingerprint density at radius 3 is 2.50 bits per heavy atom. The fourth-order valence-corrected chi connectivity index (χ4v) is 6.51. The molecule has 0 aromatic heterocycles. The van der Waals surface area contributed by atoms with Crippen molar-refractivity contribution in [2.24, 2.45) is 0 Å². The third-order valence-corrected chi connectivity index (χ3v) is 8.07. The number of rotatable bonds is 4. The van der Waals surface area contributed by atoms with E-state index in [9.17, 15) is 8.42 Å². The molecule has 2 atom stereocenters. The van der Waals surface area contributed by atoms with Crippen LogP contribution < -0.4 is 0 Å². The van der Waals surface area contributed by atoms with Crippen molar-refractivity contribution in [3.63, 3.8) is 0 Å². The van der Waals surface area contributed by atoms with Crippen LogP contribution in [0.25, 0.3) is 0 Å². The summed E-state index contributed by atoms with van der Waals surface area (Å²) in [6.07, 6.45) is 4.62. The Balaban J connectivity index is 2.31. The second kappa shape index (κ2) is 6.61. The van der Waals surface area contributed by atoms with Gasteiger partial charge < -0.3 is 0 Å². The van der Waals surface area contributed by atoms with Crippen LogP contribution in [-0.2, 0) is 22.7 Å². The van der Waals surface area contributed by atoms with Crippen molar-refractivity contribution in [2.45, 2.75) is 56.0 Å². The summed E-state index contributed by atoms with van der Waals surface area (Å²) in [5.41, 5.74) is 3.81. The number of sulfone groups is 1. The molecular weight excluding hydrogens is 336 g/mol. The fourth-order valence-electron chi connectivity index (χ4n) is 3.01. The van der Waals surface area contributed by atoms with Crippen LogP contribution in [0.5, 0.6) is 0 Å². The van der Waals surface area contributed by atoms with E-state index >= 15 is 0 Å². The van der Waals surface area contributed by atoms with Crippen LogP contribution in [0.2, 0.25) is 0 Å². The SMILES string of the molecule is CCc1ccc(C(Br)C2CCCCS2(=O)=O)cc1CC. The van der Waals surface area contributed by atoms with Gasteiger partial charge in [0.15, 0.2) is 9.84 Å². The third-order valence-electron chi connectivity index (χ3n) is 4.27. The molecule has 0 spiro atoms. The molecule has 1 heterocycles. The fraction of sp³-hybridized carbons (Fsp3) is 0.625. The van der Waals surface area contributed by atoms with Gasteiger partial charge in [0.1, 0.15) is 0 Å². The summed E-state index contributed by atoms with van der Waals surface area (Å²) < 4.78 is 24.5. The first-order chi connectivity index (χ1) is 9.49. The average molecular weight is 359 g/mol. The summed E-state index contributed by atoms with van der Waals surface area (Å²) in [5, 5.41) is -0.270. The van der Waals surface area contributed by atoms with E-state index in [4.69, 9.17) is 0 Å². The van der Waals surface area contributed by atoms with Gasteiger partial charge in [0.05, 0.1) is 15.8 Å². The summed E-state index contributed by atoms with van der Waals surface area (Å²) in [6.45, 7) is 4.31. The Bertz CT molecular complexity index is 566. The van der Waals surface area contributed by atoms with Gasteiger partial charge in [-0.25, -0.2) is 8.42 Å². The number of hydrogen-bond donors (Lipinski definition) is 0. The van der Waals surface area contributed by atoms with E-state index in [-0.39, 0.29) is 10.1 Å². The van der Waals surface area contributed by atoms with Crippen LogP contribution >= 0.6 is 15.9 Å². The van der Waals surface area contributed by atoms with Gasteiger partial charge in [-0.15, -0.1) is 0 Å². The lowest BCUT2D eigenvalue weighted by atomic mass is 9.97. The molecule has 112 valence electrons. The van der Waals surface area contributed by atoms with Gasteiger partial charge >= 0.3 is 0 Å². The summed E-state index contributed by atoms with van der Waals surface area (Å²) in [5.74, 6) is 0.341. The van der Waals surface area contributed by atoms with Crippen LogP contribution in [0.4, 0.5) is 0 Å². The van der Waals surface area contributed by atoms with Crippen molar-refractivity contribution in [3.8, 4) is 0 Å². The zero-order valence-electron chi connectivity index (χ0n) is 12.2. The van der Waals surface area contributed by atoms with Crippen LogP contribution in [0.15, 0.2) is 18.2 Å². The molecule has 2 unspecified atom stereocenters. The normalized spacial score (nSPS) is 23.4. The van der Waals surface area contributed by atoms with E-state index in [0.717, 1.165) is 37.7 Å². The standard InChI is InChI=1S/C16H23BrO2S/c1-3-12-8-9-14(11-13(12)4-2)16(17)15-7-5-6-10-20(15,18)19/h8-9,11,15-16H,3-7,10H2,1-2H3. The lowest BCUT2D eigenvalue weighted by molar-refractivity contribution is 0.537. The van der Waals surface area contributed by atoms with Gasteiger partial charge in [-0.3, -0.25) is 0 Å². The quantitative estimate of drug-likeness (QED) is 0.755. The zero-order chi connectivity index (χ0) is 14.8. The highest BCUT2D eigenvalue weighted by molar-refractivity contribution is 9.09. The number of alkyl halides is 1. The van der Waals surface area contributed by atoms with Gasteiger partial charge in [0, 0.05) is 0 Å². The maximum absolute atomic E-state index is 12.2. The van der Waals surface area contributed by atoms with Crippen LogP contribution in [0, 0.1) is 0 Å². The van der Waals surface area contributed by atoms with E-state index in [1.807, 2.05) is 0 Å². The molecule has 1 fully saturated rings. The topological polar surface area (TPSA) is 34.1 Å². The Morgan fingerprint density at radius 1 is 1.20 bits per heavy atom. The van der Waals surface area contributed by atoms with Crippen molar-refractivity contribution in [2.75, 3.05) is 5.75 Å². The van der Waals surface area contributed by atoms with Crippen molar-refractivity contribution < 1.29 is 8.42 Å². The zero-order valence-corrected chi connectivity index (χ0v) is 14.6. The summed E-state index contributed by atoms with van der Waals surface area (Å²) >= 11 is 3.65. The molecule has 20 heavy (non-hydrogen) atoms. The largest absolute Gasteiger partial charge is 0.228 e. The third kappa shape index (κ3) is 3.28. The molecule has 1 aliphatic heterocycles. The van der Waals surface area contributed by atoms with Gasteiger partial charge in [-0.1, -0.05) is 54.4 Å². The van der Waals surface area contributed by atoms with Crippen molar-refractivity contribution >= 4 is 25.8 Å². The summed E-state index contributed by atoms with van der Waals surface area (Å²) in [7, 11) is -2.95. The molecule has 0 amide bonds. The molecule has 2 nitrogen and oxygen atoms in total. The van der Waals surface area contributed by atoms with Crippen LogP contribution in [0.1, 0.15) is 54.6 Å². The highest BCUT2D eigenvalue weighted by Crippen LogP contribution is 2.37. The highest BCUT2D eigenvalue weighted by Gasteiger charge is 2.35. The van der Waals surface area contributed by atoms with E-state index in [2.05, 4.69) is 48.0 Å². The van der Waals surface area contributed by atoms with Crippen molar-refractivity contribution in [1.82, 2.24) is 0 Å². The minimum Gasteiger partial charge on any atom is -0.228 e. The Morgan fingerprint density at radius 2 is 1.90 bits per heavy atom. The highest BCUT2D eigenvalue weighted by atomic mass is 79.9. The smallest absolute Gasteiger partial charge is 0.154 e. The first-order valence-corrected chi connectivity index (χ1v) is 10.1. The molecule has 0 aliphatic carbocycles. The van der Waals surface area contributed by atoms with Crippen LogP contribution in [-0.4, -0.2) is 19.4 Å². The molecule has 1 aromatic carbocycles.